The Bertz CT molecular complexity index is 912. The number of thioether (sulfide) groups is 1. The van der Waals surface area contributed by atoms with Gasteiger partial charge in [-0.25, -0.2) is 4.98 Å². The van der Waals surface area contributed by atoms with Gasteiger partial charge in [0.05, 0.1) is 16.2 Å². The summed E-state index contributed by atoms with van der Waals surface area (Å²) in [4.78, 5) is 30.4. The number of amides is 1. The monoisotopic (exact) mass is 437 g/mol. The number of carbonyl (C=O) groups is 1. The van der Waals surface area contributed by atoms with Crippen LogP contribution in [0.2, 0.25) is 5.02 Å². The molecule has 1 aromatic heterocycles. The van der Waals surface area contributed by atoms with E-state index in [2.05, 4.69) is 10.3 Å². The van der Waals surface area contributed by atoms with Crippen LogP contribution in [0, 0.1) is 0 Å². The second-order valence-corrected chi connectivity index (χ2v) is 9.06. The highest BCUT2D eigenvalue weighted by molar-refractivity contribution is 8.00. The normalized spacial score (nSPS) is 15.7. The molecule has 1 saturated carbocycles. The van der Waals surface area contributed by atoms with Crippen LogP contribution in [-0.2, 0) is 16.1 Å². The largest absolute Gasteiger partial charge is 0.382 e. The number of aromatic nitrogens is 2. The van der Waals surface area contributed by atoms with E-state index in [0.717, 1.165) is 12.8 Å². The van der Waals surface area contributed by atoms with Gasteiger partial charge in [0.25, 0.3) is 5.56 Å². The summed E-state index contributed by atoms with van der Waals surface area (Å²) in [6.07, 6.45) is 5.11. The highest BCUT2D eigenvalue weighted by atomic mass is 35.5. The van der Waals surface area contributed by atoms with Crippen molar-refractivity contribution >= 4 is 40.2 Å². The van der Waals surface area contributed by atoms with Crippen LogP contribution in [0.1, 0.15) is 46.0 Å². The van der Waals surface area contributed by atoms with Gasteiger partial charge in [-0.1, -0.05) is 36.2 Å². The average Bonchev–Trinajstić information content (AvgIpc) is 3.19. The van der Waals surface area contributed by atoms with Gasteiger partial charge in [-0.2, -0.15) is 0 Å². The predicted molar refractivity (Wildman–Crippen MR) is 118 cm³/mol. The van der Waals surface area contributed by atoms with Gasteiger partial charge < -0.3 is 10.1 Å². The van der Waals surface area contributed by atoms with Crippen LogP contribution in [0.3, 0.4) is 0 Å². The standard InChI is InChI=1S/C21H28ClN3O3S/c1-3-28-12-6-11-25-20(27)17-10-9-15(22)13-18(17)24-21(25)29-14(2)19(26)23-16-7-4-5-8-16/h9-10,13-14,16H,3-8,11-12H2,1-2H3,(H,23,26). The number of rotatable bonds is 9. The number of hydrogen-bond acceptors (Lipinski definition) is 5. The Morgan fingerprint density at radius 3 is 2.90 bits per heavy atom. The number of nitrogens with one attached hydrogen (secondary N) is 1. The molecule has 0 aliphatic heterocycles. The number of hydrogen-bond donors (Lipinski definition) is 1. The summed E-state index contributed by atoms with van der Waals surface area (Å²) in [6.45, 7) is 5.50. The highest BCUT2D eigenvalue weighted by Crippen LogP contribution is 2.25. The molecule has 1 fully saturated rings. The second-order valence-electron chi connectivity index (χ2n) is 7.31. The number of nitrogens with zero attached hydrogens (tertiary/aromatic N) is 2. The van der Waals surface area contributed by atoms with E-state index in [4.69, 9.17) is 16.3 Å². The molecule has 29 heavy (non-hydrogen) atoms. The summed E-state index contributed by atoms with van der Waals surface area (Å²) in [5.74, 6) is -0.0109. The number of fused-ring (bicyclic) bond motifs is 1. The van der Waals surface area contributed by atoms with Crippen molar-refractivity contribution in [3.05, 3.63) is 33.6 Å². The minimum atomic E-state index is -0.350. The minimum absolute atomic E-state index is 0.0109. The fourth-order valence-corrected chi connectivity index (χ4v) is 4.64. The van der Waals surface area contributed by atoms with E-state index >= 15 is 0 Å². The third-order valence-electron chi connectivity index (χ3n) is 5.11. The fourth-order valence-electron chi connectivity index (χ4n) is 3.53. The quantitative estimate of drug-likeness (QED) is 0.364. The molecule has 1 aliphatic carbocycles. The molecule has 0 bridgehead atoms. The lowest BCUT2D eigenvalue weighted by Crippen LogP contribution is -2.38. The number of ether oxygens (including phenoxy) is 1. The summed E-state index contributed by atoms with van der Waals surface area (Å²) < 4.78 is 7.06. The lowest BCUT2D eigenvalue weighted by atomic mass is 10.2. The van der Waals surface area contributed by atoms with Crippen LogP contribution >= 0.6 is 23.4 Å². The van der Waals surface area contributed by atoms with E-state index in [1.807, 2.05) is 13.8 Å². The Kier molecular flexibility index (Phi) is 7.98. The molecule has 1 unspecified atom stereocenters. The van der Waals surface area contributed by atoms with Gasteiger partial charge in [0.15, 0.2) is 5.16 Å². The molecule has 1 heterocycles. The number of carbonyl (C=O) groups excluding carboxylic acids is 1. The first-order chi connectivity index (χ1) is 14.0. The van der Waals surface area contributed by atoms with Crippen molar-refractivity contribution in [1.82, 2.24) is 14.9 Å². The van der Waals surface area contributed by atoms with Crippen LogP contribution in [0.25, 0.3) is 10.9 Å². The molecule has 0 saturated heterocycles. The molecular formula is C21H28ClN3O3S. The molecule has 158 valence electrons. The summed E-state index contributed by atoms with van der Waals surface area (Å²) in [5.41, 5.74) is 0.434. The number of benzene rings is 1. The molecule has 1 amide bonds. The zero-order valence-electron chi connectivity index (χ0n) is 16.9. The van der Waals surface area contributed by atoms with Crippen LogP contribution in [-0.4, -0.2) is 40.0 Å². The van der Waals surface area contributed by atoms with E-state index in [9.17, 15) is 9.59 Å². The fraction of sp³-hybridized carbons (Fsp3) is 0.571. The van der Waals surface area contributed by atoms with Crippen LogP contribution in [0.4, 0.5) is 0 Å². The van der Waals surface area contributed by atoms with Crippen LogP contribution < -0.4 is 10.9 Å². The van der Waals surface area contributed by atoms with Crippen LogP contribution in [0.15, 0.2) is 28.2 Å². The number of halogens is 1. The molecule has 1 atom stereocenters. The Labute approximate surface area is 180 Å². The molecule has 2 aromatic rings. The van der Waals surface area contributed by atoms with Crippen molar-refractivity contribution in [1.29, 1.82) is 0 Å². The van der Waals surface area contributed by atoms with Crippen LogP contribution in [0.5, 0.6) is 0 Å². The second kappa shape index (κ2) is 10.5. The molecule has 0 radical (unpaired) electrons. The summed E-state index contributed by atoms with van der Waals surface area (Å²) >= 11 is 7.41. The molecular weight excluding hydrogens is 410 g/mol. The average molecular weight is 438 g/mol. The van der Waals surface area contributed by atoms with Crippen molar-refractivity contribution in [2.45, 2.75) is 68.9 Å². The third-order valence-corrected chi connectivity index (χ3v) is 6.44. The van der Waals surface area contributed by atoms with Gasteiger partial charge in [0.2, 0.25) is 5.91 Å². The van der Waals surface area contributed by atoms with E-state index in [1.165, 1.54) is 24.6 Å². The molecule has 6 nitrogen and oxygen atoms in total. The lowest BCUT2D eigenvalue weighted by molar-refractivity contribution is -0.120. The van der Waals surface area contributed by atoms with E-state index in [-0.39, 0.29) is 22.8 Å². The van der Waals surface area contributed by atoms with Crippen molar-refractivity contribution in [3.63, 3.8) is 0 Å². The van der Waals surface area contributed by atoms with Crippen molar-refractivity contribution in [2.75, 3.05) is 13.2 Å². The van der Waals surface area contributed by atoms with Gasteiger partial charge in [-0.05, 0) is 51.3 Å². The Morgan fingerprint density at radius 2 is 2.17 bits per heavy atom. The predicted octanol–water partition coefficient (Wildman–Crippen LogP) is 4.02. The summed E-state index contributed by atoms with van der Waals surface area (Å²) in [6, 6.07) is 5.36. The Balaban J connectivity index is 1.84. The Morgan fingerprint density at radius 1 is 1.41 bits per heavy atom. The van der Waals surface area contributed by atoms with Crippen molar-refractivity contribution < 1.29 is 9.53 Å². The van der Waals surface area contributed by atoms with Gasteiger partial charge >= 0.3 is 0 Å². The van der Waals surface area contributed by atoms with Crippen molar-refractivity contribution in [2.24, 2.45) is 0 Å². The van der Waals surface area contributed by atoms with E-state index in [0.29, 0.717) is 47.3 Å². The highest BCUT2D eigenvalue weighted by Gasteiger charge is 2.23. The lowest BCUT2D eigenvalue weighted by Gasteiger charge is -2.18. The maximum atomic E-state index is 13.1. The zero-order valence-corrected chi connectivity index (χ0v) is 18.5. The molecule has 1 aliphatic rings. The zero-order chi connectivity index (χ0) is 20.8. The SMILES string of the molecule is CCOCCCn1c(SC(C)C(=O)NC2CCCC2)nc2cc(Cl)ccc2c1=O. The first kappa shape index (κ1) is 22.1. The minimum Gasteiger partial charge on any atom is -0.382 e. The van der Waals surface area contributed by atoms with Gasteiger partial charge in [0.1, 0.15) is 0 Å². The molecule has 1 aromatic carbocycles. The summed E-state index contributed by atoms with van der Waals surface area (Å²) in [7, 11) is 0. The first-order valence-electron chi connectivity index (χ1n) is 10.2. The maximum Gasteiger partial charge on any atom is 0.262 e. The topological polar surface area (TPSA) is 73.2 Å². The molecule has 8 heteroatoms. The summed E-state index contributed by atoms with van der Waals surface area (Å²) in [5, 5.41) is 4.37. The molecule has 1 N–H and O–H groups in total. The first-order valence-corrected chi connectivity index (χ1v) is 11.5. The maximum absolute atomic E-state index is 13.1. The third kappa shape index (κ3) is 5.74. The molecule has 3 rings (SSSR count). The van der Waals surface area contributed by atoms with Gasteiger partial charge in [-0.15, -0.1) is 0 Å². The van der Waals surface area contributed by atoms with E-state index in [1.54, 1.807) is 22.8 Å². The molecule has 0 spiro atoms. The van der Waals surface area contributed by atoms with Crippen molar-refractivity contribution in [3.8, 4) is 0 Å². The smallest absolute Gasteiger partial charge is 0.262 e. The Hall–Kier alpha value is -1.57. The van der Waals surface area contributed by atoms with E-state index < -0.39 is 0 Å². The van der Waals surface area contributed by atoms with Gasteiger partial charge in [0, 0.05) is 30.8 Å². The van der Waals surface area contributed by atoms with Gasteiger partial charge in [-0.3, -0.25) is 14.2 Å².